The van der Waals surface area contributed by atoms with Crippen molar-refractivity contribution in [1.82, 2.24) is 19.5 Å². The number of fused-ring (bicyclic) bond motifs is 6. The molecule has 0 fully saturated rings. The lowest BCUT2D eigenvalue weighted by Crippen LogP contribution is -2.04. The molecule has 0 unspecified atom stereocenters. The van der Waals surface area contributed by atoms with E-state index in [0.717, 1.165) is 49.2 Å². The summed E-state index contributed by atoms with van der Waals surface area (Å²) in [4.78, 5) is 16.2. The Labute approximate surface area is 362 Å². The van der Waals surface area contributed by atoms with Crippen molar-refractivity contribution in [1.29, 1.82) is 0 Å². The summed E-state index contributed by atoms with van der Waals surface area (Å²) >= 11 is 1.78. The molecule has 4 nitrogen and oxygen atoms in total. The Morgan fingerprint density at radius 3 is 1.42 bits per heavy atom. The van der Waals surface area contributed by atoms with Crippen LogP contribution in [0.4, 0.5) is 0 Å². The van der Waals surface area contributed by atoms with Crippen LogP contribution in [0.25, 0.3) is 115 Å². The Morgan fingerprint density at radius 2 is 0.774 bits per heavy atom. The standard InChI is InChI=1S/C57H36N4S/c1-4-17-37(18-5-1)40-31-33-51-48(35-40)49-36-41(38-19-6-2-7-20-38)32-34-52(49)61(51)50-29-14-12-26-46(50)56-58-55(45-25-11-10-23-42(45)39-21-8-3-9-22-39)59-57(60-56)47-28-16-27-44-43-24-13-15-30-53(43)62-54(44)47/h1-36H. The van der Waals surface area contributed by atoms with Gasteiger partial charge in [0.1, 0.15) is 0 Å². The van der Waals surface area contributed by atoms with E-state index in [4.69, 9.17) is 15.0 Å². The maximum Gasteiger partial charge on any atom is 0.166 e. The molecule has 12 aromatic rings. The number of thiophene rings is 1. The van der Waals surface area contributed by atoms with E-state index < -0.39 is 0 Å². The maximum absolute atomic E-state index is 5.43. The van der Waals surface area contributed by atoms with E-state index in [0.29, 0.717) is 17.5 Å². The zero-order valence-electron chi connectivity index (χ0n) is 33.5. The van der Waals surface area contributed by atoms with Gasteiger partial charge in [-0.05, 0) is 81.9 Å². The van der Waals surface area contributed by atoms with Gasteiger partial charge in [-0.15, -0.1) is 11.3 Å². The molecule has 0 aliphatic rings. The third-order valence-corrected chi connectivity index (χ3v) is 13.1. The summed E-state index contributed by atoms with van der Waals surface area (Å²) in [6.45, 7) is 0. The Kier molecular flexibility index (Phi) is 8.65. The third kappa shape index (κ3) is 6.09. The van der Waals surface area contributed by atoms with Crippen molar-refractivity contribution in [3.8, 4) is 73.2 Å². The van der Waals surface area contributed by atoms with Crippen LogP contribution in [0.5, 0.6) is 0 Å². The highest BCUT2D eigenvalue weighted by atomic mass is 32.1. The van der Waals surface area contributed by atoms with Crippen molar-refractivity contribution in [3.05, 3.63) is 218 Å². The highest BCUT2D eigenvalue weighted by Gasteiger charge is 2.22. The van der Waals surface area contributed by atoms with Crippen molar-refractivity contribution >= 4 is 53.3 Å². The fourth-order valence-electron chi connectivity index (χ4n) is 8.97. The van der Waals surface area contributed by atoms with E-state index in [1.807, 2.05) is 6.07 Å². The molecule has 3 heterocycles. The largest absolute Gasteiger partial charge is 0.309 e. The average molecular weight is 809 g/mol. The number of rotatable bonds is 7. The molecule has 9 aromatic carbocycles. The molecule has 0 atom stereocenters. The predicted octanol–water partition coefficient (Wildman–Crippen LogP) is 15.3. The number of nitrogens with zero attached hydrogens (tertiary/aromatic N) is 4. The highest BCUT2D eigenvalue weighted by Crippen LogP contribution is 2.42. The van der Waals surface area contributed by atoms with Crippen LogP contribution in [0.2, 0.25) is 0 Å². The molecule has 0 aliphatic carbocycles. The van der Waals surface area contributed by atoms with Crippen molar-refractivity contribution in [2.75, 3.05) is 0 Å². The minimum Gasteiger partial charge on any atom is -0.309 e. The van der Waals surface area contributed by atoms with E-state index in [2.05, 4.69) is 217 Å². The first-order valence-electron chi connectivity index (χ1n) is 20.9. The van der Waals surface area contributed by atoms with Gasteiger partial charge >= 0.3 is 0 Å². The average Bonchev–Trinajstić information content (AvgIpc) is 3.90. The lowest BCUT2D eigenvalue weighted by Gasteiger charge is -2.16. The first kappa shape index (κ1) is 35.9. The minimum atomic E-state index is 0.610. The van der Waals surface area contributed by atoms with Crippen LogP contribution in [0, 0.1) is 0 Å². The molecule has 62 heavy (non-hydrogen) atoms. The molecule has 0 spiro atoms. The zero-order chi connectivity index (χ0) is 41.0. The molecule has 3 aromatic heterocycles. The Hall–Kier alpha value is -7.99. The van der Waals surface area contributed by atoms with E-state index in [1.165, 1.54) is 48.5 Å². The molecule has 0 N–H and O–H groups in total. The van der Waals surface area contributed by atoms with Gasteiger partial charge in [-0.25, -0.2) is 15.0 Å². The van der Waals surface area contributed by atoms with Gasteiger partial charge in [-0.2, -0.15) is 0 Å². The van der Waals surface area contributed by atoms with Crippen molar-refractivity contribution in [2.45, 2.75) is 0 Å². The number of para-hydroxylation sites is 1. The molecule has 290 valence electrons. The second-order valence-corrected chi connectivity index (χ2v) is 16.6. The summed E-state index contributed by atoms with van der Waals surface area (Å²) in [7, 11) is 0. The summed E-state index contributed by atoms with van der Waals surface area (Å²) in [5.41, 5.74) is 12.9. The topological polar surface area (TPSA) is 43.6 Å². The Balaban J connectivity index is 1.12. The second kappa shape index (κ2) is 14.9. The second-order valence-electron chi connectivity index (χ2n) is 15.5. The van der Waals surface area contributed by atoms with Crippen LogP contribution in [-0.2, 0) is 0 Å². The fraction of sp³-hybridized carbons (Fsp3) is 0. The van der Waals surface area contributed by atoms with Crippen molar-refractivity contribution < 1.29 is 0 Å². The van der Waals surface area contributed by atoms with Crippen molar-refractivity contribution in [2.24, 2.45) is 0 Å². The molecule has 0 bridgehead atoms. The number of aromatic nitrogens is 4. The summed E-state index contributed by atoms with van der Waals surface area (Å²) in [6.07, 6.45) is 0. The first-order valence-corrected chi connectivity index (χ1v) is 21.7. The van der Waals surface area contributed by atoms with Gasteiger partial charge in [0.2, 0.25) is 0 Å². The van der Waals surface area contributed by atoms with E-state index in [-0.39, 0.29) is 0 Å². The lowest BCUT2D eigenvalue weighted by atomic mass is 9.99. The normalized spacial score (nSPS) is 11.5. The van der Waals surface area contributed by atoms with Gasteiger partial charge in [-0.3, -0.25) is 0 Å². The number of hydrogen-bond acceptors (Lipinski definition) is 4. The van der Waals surface area contributed by atoms with Crippen LogP contribution in [0.15, 0.2) is 218 Å². The van der Waals surface area contributed by atoms with Gasteiger partial charge in [0.25, 0.3) is 0 Å². The smallest absolute Gasteiger partial charge is 0.166 e. The summed E-state index contributed by atoms with van der Waals surface area (Å²) in [5, 5.41) is 4.80. The van der Waals surface area contributed by atoms with E-state index >= 15 is 0 Å². The summed E-state index contributed by atoms with van der Waals surface area (Å²) in [5.74, 6) is 1.88. The quantitative estimate of drug-likeness (QED) is 0.161. The number of hydrogen-bond donors (Lipinski definition) is 0. The zero-order valence-corrected chi connectivity index (χ0v) is 34.3. The molecular weight excluding hydrogens is 773 g/mol. The van der Waals surface area contributed by atoms with Crippen LogP contribution in [-0.4, -0.2) is 19.5 Å². The monoisotopic (exact) mass is 808 g/mol. The number of benzene rings is 9. The molecule has 5 heteroatoms. The fourth-order valence-corrected chi connectivity index (χ4v) is 10.2. The van der Waals surface area contributed by atoms with Crippen LogP contribution in [0.3, 0.4) is 0 Å². The molecular formula is C57H36N4S. The molecule has 12 rings (SSSR count). The third-order valence-electron chi connectivity index (χ3n) is 11.9. The van der Waals surface area contributed by atoms with Gasteiger partial charge < -0.3 is 4.57 Å². The van der Waals surface area contributed by atoms with E-state index in [9.17, 15) is 0 Å². The predicted molar refractivity (Wildman–Crippen MR) is 260 cm³/mol. The first-order chi connectivity index (χ1) is 30.7. The lowest BCUT2D eigenvalue weighted by molar-refractivity contribution is 1.07. The molecule has 0 radical (unpaired) electrons. The molecule has 0 aliphatic heterocycles. The summed E-state index contributed by atoms with van der Waals surface area (Å²) < 4.78 is 4.78. The van der Waals surface area contributed by atoms with Gasteiger partial charge in [0.05, 0.1) is 16.7 Å². The minimum absolute atomic E-state index is 0.610. The Morgan fingerprint density at radius 1 is 0.306 bits per heavy atom. The van der Waals surface area contributed by atoms with Gasteiger partial charge in [0, 0.05) is 47.6 Å². The maximum atomic E-state index is 5.43. The van der Waals surface area contributed by atoms with Crippen LogP contribution in [0.1, 0.15) is 0 Å². The van der Waals surface area contributed by atoms with Crippen LogP contribution >= 0.6 is 11.3 Å². The highest BCUT2D eigenvalue weighted by molar-refractivity contribution is 7.26. The summed E-state index contributed by atoms with van der Waals surface area (Å²) in [6, 6.07) is 77.4. The van der Waals surface area contributed by atoms with Crippen LogP contribution < -0.4 is 0 Å². The van der Waals surface area contributed by atoms with Crippen molar-refractivity contribution in [3.63, 3.8) is 0 Å². The molecule has 0 saturated heterocycles. The molecule has 0 saturated carbocycles. The SMILES string of the molecule is c1ccc(-c2ccc3c(c2)c2cc(-c4ccccc4)ccc2n3-c2ccccc2-c2nc(-c3ccccc3-c3ccccc3)nc(-c3cccc4c3sc3ccccc34)n2)cc1. The molecule has 0 amide bonds. The van der Waals surface area contributed by atoms with Gasteiger partial charge in [0.15, 0.2) is 17.5 Å². The van der Waals surface area contributed by atoms with E-state index in [1.54, 1.807) is 11.3 Å². The Bertz CT molecular complexity index is 3530. The van der Waals surface area contributed by atoms with Gasteiger partial charge in [-0.1, -0.05) is 170 Å².